The number of nitrogens with zero attached hydrogens (tertiary/aromatic N) is 1. The van der Waals surface area contributed by atoms with Crippen molar-refractivity contribution in [3.63, 3.8) is 0 Å². The monoisotopic (exact) mass is 413 g/mol. The summed E-state index contributed by atoms with van der Waals surface area (Å²) in [6.07, 6.45) is 0. The normalized spacial score (nSPS) is 13.3. The summed E-state index contributed by atoms with van der Waals surface area (Å²) in [5, 5.41) is 0. The molecule has 0 aromatic heterocycles. The van der Waals surface area contributed by atoms with Crippen molar-refractivity contribution < 1.29 is 22.6 Å². The minimum atomic E-state index is -3.62. The van der Waals surface area contributed by atoms with Gasteiger partial charge in [-0.05, 0) is 51.8 Å². The van der Waals surface area contributed by atoms with Crippen molar-refractivity contribution in [3.05, 3.63) is 46.4 Å². The molecule has 1 heterocycles. The third kappa shape index (κ3) is 3.22. The Morgan fingerprint density at radius 3 is 2.62 bits per heavy atom. The van der Waals surface area contributed by atoms with Crippen LogP contribution in [0.15, 0.2) is 45.8 Å². The molecule has 0 saturated heterocycles. The summed E-state index contributed by atoms with van der Waals surface area (Å²) >= 11 is 3.31. The first-order valence-electron chi connectivity index (χ1n) is 7.10. The van der Waals surface area contributed by atoms with Gasteiger partial charge in [0.05, 0.1) is 16.5 Å². The zero-order valence-electron chi connectivity index (χ0n) is 13.2. The predicted molar refractivity (Wildman–Crippen MR) is 91.9 cm³/mol. The van der Waals surface area contributed by atoms with Crippen molar-refractivity contribution in [3.8, 4) is 17.2 Å². The third-order valence-corrected chi connectivity index (χ3v) is 6.09. The van der Waals surface area contributed by atoms with Gasteiger partial charge in [0.15, 0.2) is 11.5 Å². The number of rotatable bonds is 5. The second-order valence-corrected chi connectivity index (χ2v) is 8.14. The van der Waals surface area contributed by atoms with Crippen LogP contribution in [0.1, 0.15) is 5.56 Å². The molecule has 2 aromatic carbocycles. The number of ether oxygens (including phenoxy) is 3. The minimum Gasteiger partial charge on any atom is -0.496 e. The van der Waals surface area contributed by atoms with Crippen LogP contribution in [0.2, 0.25) is 0 Å². The van der Waals surface area contributed by atoms with E-state index < -0.39 is 10.0 Å². The second-order valence-electron chi connectivity index (χ2n) is 5.25. The summed E-state index contributed by atoms with van der Waals surface area (Å²) in [6.45, 7) is 0.412. The quantitative estimate of drug-likeness (QED) is 0.753. The van der Waals surface area contributed by atoms with Gasteiger partial charge in [-0.2, -0.15) is 4.31 Å². The van der Waals surface area contributed by atoms with Crippen LogP contribution < -0.4 is 14.2 Å². The fourth-order valence-corrected chi connectivity index (χ4v) is 4.25. The Kier molecular flexibility index (Phi) is 4.71. The van der Waals surface area contributed by atoms with Crippen molar-refractivity contribution >= 4 is 26.0 Å². The van der Waals surface area contributed by atoms with Crippen molar-refractivity contribution in [1.82, 2.24) is 4.31 Å². The van der Waals surface area contributed by atoms with Crippen LogP contribution in [0.3, 0.4) is 0 Å². The number of methoxy groups -OCH3 is 1. The summed E-state index contributed by atoms with van der Waals surface area (Å²) in [4.78, 5) is 0.193. The molecule has 0 unspecified atom stereocenters. The van der Waals surface area contributed by atoms with Gasteiger partial charge in [0.2, 0.25) is 16.8 Å². The van der Waals surface area contributed by atoms with Crippen molar-refractivity contribution in [2.75, 3.05) is 21.0 Å². The van der Waals surface area contributed by atoms with Gasteiger partial charge in [-0.25, -0.2) is 8.42 Å². The van der Waals surface area contributed by atoms with Gasteiger partial charge < -0.3 is 14.2 Å². The molecule has 1 aliphatic rings. The molecule has 6 nitrogen and oxygen atoms in total. The van der Waals surface area contributed by atoms with E-state index >= 15 is 0 Å². The SMILES string of the molecule is COc1ccc(S(=O)(=O)N(C)Cc2ccc3c(c2)OCO3)cc1Br. The second kappa shape index (κ2) is 6.62. The summed E-state index contributed by atoms with van der Waals surface area (Å²) < 4.78 is 43.0. The molecule has 0 N–H and O–H groups in total. The van der Waals surface area contributed by atoms with Crippen LogP contribution in [0, 0.1) is 0 Å². The maximum absolute atomic E-state index is 12.7. The number of halogens is 1. The first-order chi connectivity index (χ1) is 11.4. The Morgan fingerprint density at radius 1 is 1.17 bits per heavy atom. The van der Waals surface area contributed by atoms with Gasteiger partial charge in [-0.15, -0.1) is 0 Å². The predicted octanol–water partition coefficient (Wildman–Crippen LogP) is 3.01. The van der Waals surface area contributed by atoms with Gasteiger partial charge >= 0.3 is 0 Å². The average molecular weight is 414 g/mol. The molecule has 0 spiro atoms. The van der Waals surface area contributed by atoms with Gasteiger partial charge in [0.25, 0.3) is 0 Å². The number of hydrogen-bond donors (Lipinski definition) is 0. The smallest absolute Gasteiger partial charge is 0.243 e. The van der Waals surface area contributed by atoms with Crippen LogP contribution in [-0.2, 0) is 16.6 Å². The van der Waals surface area contributed by atoms with E-state index in [9.17, 15) is 8.42 Å². The van der Waals surface area contributed by atoms with Crippen molar-refractivity contribution in [2.45, 2.75) is 11.4 Å². The number of sulfonamides is 1. The number of benzene rings is 2. The zero-order chi connectivity index (χ0) is 17.3. The van der Waals surface area contributed by atoms with E-state index in [4.69, 9.17) is 14.2 Å². The molecule has 24 heavy (non-hydrogen) atoms. The van der Waals surface area contributed by atoms with E-state index in [1.807, 2.05) is 6.07 Å². The van der Waals surface area contributed by atoms with Crippen LogP contribution in [0.4, 0.5) is 0 Å². The first kappa shape index (κ1) is 17.1. The Labute approximate surface area is 149 Å². The lowest BCUT2D eigenvalue weighted by Gasteiger charge is -2.18. The topological polar surface area (TPSA) is 65.1 Å². The maximum atomic E-state index is 12.7. The number of hydrogen-bond acceptors (Lipinski definition) is 5. The molecule has 0 aliphatic carbocycles. The molecule has 2 aromatic rings. The molecule has 0 atom stereocenters. The average Bonchev–Trinajstić information content (AvgIpc) is 3.02. The maximum Gasteiger partial charge on any atom is 0.243 e. The highest BCUT2D eigenvalue weighted by Gasteiger charge is 2.23. The highest BCUT2D eigenvalue weighted by Crippen LogP contribution is 2.33. The van der Waals surface area contributed by atoms with Gasteiger partial charge in [0, 0.05) is 13.6 Å². The molecule has 1 aliphatic heterocycles. The summed E-state index contributed by atoms with van der Waals surface area (Å²) in [5.41, 5.74) is 0.818. The molecule has 0 fully saturated rings. The zero-order valence-corrected chi connectivity index (χ0v) is 15.6. The fourth-order valence-electron chi connectivity index (χ4n) is 2.37. The van der Waals surface area contributed by atoms with Crippen molar-refractivity contribution in [2.24, 2.45) is 0 Å². The van der Waals surface area contributed by atoms with E-state index in [0.717, 1.165) is 5.56 Å². The van der Waals surface area contributed by atoms with Gasteiger partial charge in [0.1, 0.15) is 5.75 Å². The van der Waals surface area contributed by atoms with E-state index in [1.54, 1.807) is 18.2 Å². The lowest BCUT2D eigenvalue weighted by atomic mass is 10.2. The Balaban J connectivity index is 1.83. The lowest BCUT2D eigenvalue weighted by molar-refractivity contribution is 0.174. The molecule has 8 heteroatoms. The molecule has 0 amide bonds. The molecule has 0 radical (unpaired) electrons. The van der Waals surface area contributed by atoms with E-state index in [1.165, 1.54) is 30.6 Å². The van der Waals surface area contributed by atoms with Gasteiger partial charge in [-0.1, -0.05) is 6.07 Å². The molecular formula is C16H16BrNO5S. The van der Waals surface area contributed by atoms with E-state index in [0.29, 0.717) is 21.7 Å². The summed E-state index contributed by atoms with van der Waals surface area (Å²) in [5.74, 6) is 1.88. The highest BCUT2D eigenvalue weighted by molar-refractivity contribution is 9.10. The fraction of sp³-hybridized carbons (Fsp3) is 0.250. The van der Waals surface area contributed by atoms with E-state index in [2.05, 4.69) is 15.9 Å². The van der Waals surface area contributed by atoms with Crippen LogP contribution in [0.5, 0.6) is 17.2 Å². The van der Waals surface area contributed by atoms with Crippen LogP contribution in [0.25, 0.3) is 0 Å². The lowest BCUT2D eigenvalue weighted by Crippen LogP contribution is -2.26. The Bertz CT molecular complexity index is 869. The highest BCUT2D eigenvalue weighted by atomic mass is 79.9. The minimum absolute atomic E-state index is 0.187. The van der Waals surface area contributed by atoms with E-state index in [-0.39, 0.29) is 18.2 Å². The molecule has 0 bridgehead atoms. The standard InChI is InChI=1S/C16H16BrNO5S/c1-18(9-11-3-5-15-16(7-11)23-10-22-15)24(19,20)12-4-6-14(21-2)13(17)8-12/h3-8H,9-10H2,1-2H3. The third-order valence-electron chi connectivity index (χ3n) is 3.67. The van der Waals surface area contributed by atoms with Crippen LogP contribution >= 0.6 is 15.9 Å². The summed E-state index contributed by atoms with van der Waals surface area (Å²) in [6, 6.07) is 10.1. The Morgan fingerprint density at radius 2 is 1.92 bits per heavy atom. The summed E-state index contributed by atoms with van der Waals surface area (Å²) in [7, 11) is -0.555. The Hall–Kier alpha value is -1.77. The number of fused-ring (bicyclic) bond motifs is 1. The molecule has 0 saturated carbocycles. The van der Waals surface area contributed by atoms with Crippen LogP contribution in [-0.4, -0.2) is 33.7 Å². The molecule has 128 valence electrons. The van der Waals surface area contributed by atoms with Crippen molar-refractivity contribution in [1.29, 1.82) is 0 Å². The molecular weight excluding hydrogens is 398 g/mol. The largest absolute Gasteiger partial charge is 0.496 e. The first-order valence-corrected chi connectivity index (χ1v) is 9.33. The molecule has 3 rings (SSSR count). The van der Waals surface area contributed by atoms with Gasteiger partial charge in [-0.3, -0.25) is 0 Å².